The van der Waals surface area contributed by atoms with Crippen LogP contribution in [0.2, 0.25) is 0 Å². The SMILES string of the molecule is CC(C)=CCN(C)C1CCCCC1c1ccccc1. The van der Waals surface area contributed by atoms with E-state index < -0.39 is 0 Å². The second-order valence-corrected chi connectivity index (χ2v) is 6.09. The smallest absolute Gasteiger partial charge is 0.0165 e. The summed E-state index contributed by atoms with van der Waals surface area (Å²) in [5, 5.41) is 0. The lowest BCUT2D eigenvalue weighted by molar-refractivity contribution is 0.182. The van der Waals surface area contributed by atoms with Crippen molar-refractivity contribution < 1.29 is 0 Å². The highest BCUT2D eigenvalue weighted by molar-refractivity contribution is 5.22. The van der Waals surface area contributed by atoms with E-state index in [0.29, 0.717) is 12.0 Å². The van der Waals surface area contributed by atoms with Gasteiger partial charge in [0.2, 0.25) is 0 Å². The number of hydrogen-bond acceptors (Lipinski definition) is 1. The van der Waals surface area contributed by atoms with Crippen molar-refractivity contribution >= 4 is 0 Å². The van der Waals surface area contributed by atoms with E-state index in [1.807, 2.05) is 0 Å². The highest BCUT2D eigenvalue weighted by Crippen LogP contribution is 2.35. The number of hydrogen-bond donors (Lipinski definition) is 0. The molecule has 104 valence electrons. The molecule has 1 heteroatoms. The Bertz CT molecular complexity index is 403. The normalized spacial score (nSPS) is 23.4. The van der Waals surface area contributed by atoms with E-state index in [-0.39, 0.29) is 0 Å². The van der Waals surface area contributed by atoms with E-state index in [2.05, 4.69) is 62.2 Å². The van der Waals surface area contributed by atoms with Crippen molar-refractivity contribution in [1.82, 2.24) is 4.90 Å². The molecule has 1 aromatic rings. The second-order valence-electron chi connectivity index (χ2n) is 6.09. The van der Waals surface area contributed by atoms with Crippen molar-refractivity contribution in [2.24, 2.45) is 0 Å². The highest BCUT2D eigenvalue weighted by Gasteiger charge is 2.28. The Morgan fingerprint density at radius 3 is 2.53 bits per heavy atom. The quantitative estimate of drug-likeness (QED) is 0.712. The van der Waals surface area contributed by atoms with Crippen LogP contribution in [-0.4, -0.2) is 24.5 Å². The van der Waals surface area contributed by atoms with Crippen LogP contribution in [-0.2, 0) is 0 Å². The summed E-state index contributed by atoms with van der Waals surface area (Å²) in [6, 6.07) is 11.8. The summed E-state index contributed by atoms with van der Waals surface area (Å²) in [5.74, 6) is 0.713. The molecule has 2 atom stereocenters. The molecule has 1 aromatic carbocycles. The molecule has 1 aliphatic carbocycles. The molecule has 1 nitrogen and oxygen atoms in total. The first-order valence-corrected chi connectivity index (χ1v) is 7.57. The topological polar surface area (TPSA) is 3.24 Å². The molecular weight excluding hydrogens is 230 g/mol. The van der Waals surface area contributed by atoms with Gasteiger partial charge in [-0.2, -0.15) is 0 Å². The Labute approximate surface area is 118 Å². The lowest BCUT2D eigenvalue weighted by Crippen LogP contribution is -2.39. The first-order valence-electron chi connectivity index (χ1n) is 7.57. The lowest BCUT2D eigenvalue weighted by atomic mass is 9.79. The minimum atomic E-state index is 0.701. The van der Waals surface area contributed by atoms with Gasteiger partial charge in [0.25, 0.3) is 0 Å². The Balaban J connectivity index is 2.10. The molecule has 1 aliphatic rings. The third-order valence-electron chi connectivity index (χ3n) is 4.31. The summed E-state index contributed by atoms with van der Waals surface area (Å²) in [4.78, 5) is 2.55. The van der Waals surface area contributed by atoms with Crippen LogP contribution in [0.15, 0.2) is 42.0 Å². The van der Waals surface area contributed by atoms with Crippen molar-refractivity contribution in [3.8, 4) is 0 Å². The van der Waals surface area contributed by atoms with Gasteiger partial charge in [0.15, 0.2) is 0 Å². The van der Waals surface area contributed by atoms with Crippen LogP contribution < -0.4 is 0 Å². The van der Waals surface area contributed by atoms with E-state index in [0.717, 1.165) is 6.54 Å². The van der Waals surface area contributed by atoms with Crippen LogP contribution in [0.4, 0.5) is 0 Å². The monoisotopic (exact) mass is 257 g/mol. The van der Waals surface area contributed by atoms with Gasteiger partial charge in [-0.15, -0.1) is 0 Å². The number of nitrogens with zero attached hydrogens (tertiary/aromatic N) is 1. The van der Waals surface area contributed by atoms with Crippen molar-refractivity contribution in [2.45, 2.75) is 51.5 Å². The Morgan fingerprint density at radius 1 is 1.16 bits per heavy atom. The summed E-state index contributed by atoms with van der Waals surface area (Å²) in [6.45, 7) is 5.45. The molecule has 0 N–H and O–H groups in total. The fraction of sp³-hybridized carbons (Fsp3) is 0.556. The van der Waals surface area contributed by atoms with E-state index in [1.165, 1.54) is 36.8 Å². The van der Waals surface area contributed by atoms with Crippen LogP contribution in [0.1, 0.15) is 51.0 Å². The number of likely N-dealkylation sites (N-methyl/N-ethyl adjacent to an activating group) is 1. The predicted octanol–water partition coefficient (Wildman–Crippen LogP) is 4.61. The third-order valence-corrected chi connectivity index (χ3v) is 4.31. The Hall–Kier alpha value is -1.08. The van der Waals surface area contributed by atoms with Gasteiger partial charge >= 0.3 is 0 Å². The van der Waals surface area contributed by atoms with Gasteiger partial charge in [0.1, 0.15) is 0 Å². The molecule has 0 heterocycles. The molecule has 2 rings (SSSR count). The molecule has 0 bridgehead atoms. The highest BCUT2D eigenvalue weighted by atomic mass is 15.1. The van der Waals surface area contributed by atoms with Gasteiger partial charge in [-0.3, -0.25) is 4.90 Å². The fourth-order valence-electron chi connectivity index (χ4n) is 3.19. The molecule has 1 fully saturated rings. The van der Waals surface area contributed by atoms with Gasteiger partial charge in [0, 0.05) is 12.6 Å². The van der Waals surface area contributed by atoms with Gasteiger partial charge < -0.3 is 0 Å². The van der Waals surface area contributed by atoms with Crippen LogP contribution in [0.5, 0.6) is 0 Å². The maximum absolute atomic E-state index is 2.55. The Kier molecular flexibility index (Phi) is 5.21. The zero-order valence-electron chi connectivity index (χ0n) is 12.6. The predicted molar refractivity (Wildman–Crippen MR) is 83.5 cm³/mol. The standard InChI is InChI=1S/C18H27N/c1-15(2)13-14-19(3)18-12-8-7-11-17(18)16-9-5-4-6-10-16/h4-6,9-10,13,17-18H,7-8,11-12,14H2,1-3H3. The Morgan fingerprint density at radius 2 is 1.84 bits per heavy atom. The molecule has 19 heavy (non-hydrogen) atoms. The van der Waals surface area contributed by atoms with Crippen LogP contribution >= 0.6 is 0 Å². The molecule has 0 aromatic heterocycles. The van der Waals surface area contributed by atoms with Gasteiger partial charge in [-0.1, -0.05) is 54.8 Å². The fourth-order valence-corrected chi connectivity index (χ4v) is 3.19. The van der Waals surface area contributed by atoms with E-state index in [4.69, 9.17) is 0 Å². The van der Waals surface area contributed by atoms with E-state index >= 15 is 0 Å². The molecule has 0 radical (unpaired) electrons. The van der Waals surface area contributed by atoms with Gasteiger partial charge in [-0.05, 0) is 45.2 Å². The summed E-state index contributed by atoms with van der Waals surface area (Å²) >= 11 is 0. The average molecular weight is 257 g/mol. The largest absolute Gasteiger partial charge is 0.299 e. The summed E-state index contributed by atoms with van der Waals surface area (Å²) in [5.41, 5.74) is 2.94. The summed E-state index contributed by atoms with van der Waals surface area (Å²) < 4.78 is 0. The molecular formula is C18H27N. The minimum Gasteiger partial charge on any atom is -0.299 e. The van der Waals surface area contributed by atoms with Crippen LogP contribution in [0.25, 0.3) is 0 Å². The zero-order valence-corrected chi connectivity index (χ0v) is 12.6. The molecule has 0 spiro atoms. The number of allylic oxidation sites excluding steroid dienone is 1. The number of benzene rings is 1. The van der Waals surface area contributed by atoms with Crippen LogP contribution in [0, 0.1) is 0 Å². The van der Waals surface area contributed by atoms with Gasteiger partial charge in [-0.25, -0.2) is 0 Å². The minimum absolute atomic E-state index is 0.701. The molecule has 0 amide bonds. The maximum Gasteiger partial charge on any atom is 0.0165 e. The number of rotatable bonds is 4. The van der Waals surface area contributed by atoms with Crippen molar-refractivity contribution in [3.05, 3.63) is 47.5 Å². The molecule has 0 saturated heterocycles. The van der Waals surface area contributed by atoms with E-state index in [9.17, 15) is 0 Å². The lowest BCUT2D eigenvalue weighted by Gasteiger charge is -2.38. The first kappa shape index (κ1) is 14.3. The second kappa shape index (κ2) is 6.91. The first-order chi connectivity index (χ1) is 9.18. The van der Waals surface area contributed by atoms with Gasteiger partial charge in [0.05, 0.1) is 0 Å². The van der Waals surface area contributed by atoms with Crippen molar-refractivity contribution in [3.63, 3.8) is 0 Å². The summed E-state index contributed by atoms with van der Waals surface area (Å²) in [7, 11) is 2.28. The van der Waals surface area contributed by atoms with Crippen molar-refractivity contribution in [2.75, 3.05) is 13.6 Å². The third kappa shape index (κ3) is 3.94. The molecule has 1 saturated carbocycles. The molecule has 0 aliphatic heterocycles. The van der Waals surface area contributed by atoms with E-state index in [1.54, 1.807) is 0 Å². The summed E-state index contributed by atoms with van der Waals surface area (Å²) in [6.07, 6.45) is 7.79. The zero-order chi connectivity index (χ0) is 13.7. The van der Waals surface area contributed by atoms with Crippen molar-refractivity contribution in [1.29, 1.82) is 0 Å². The average Bonchev–Trinajstić information content (AvgIpc) is 2.45. The maximum atomic E-state index is 2.55. The molecule has 2 unspecified atom stereocenters. The van der Waals surface area contributed by atoms with Crippen LogP contribution in [0.3, 0.4) is 0 Å².